The third-order valence-electron chi connectivity index (χ3n) is 2.84. The van der Waals surface area contributed by atoms with Crippen LogP contribution in [0.15, 0.2) is 17.0 Å². The van der Waals surface area contributed by atoms with Crippen LogP contribution in [0.5, 0.6) is 0 Å². The number of halogens is 1. The molecule has 0 saturated heterocycles. The lowest BCUT2D eigenvalue weighted by Crippen LogP contribution is -2.30. The van der Waals surface area contributed by atoms with Crippen LogP contribution < -0.4 is 0 Å². The lowest BCUT2D eigenvalue weighted by molar-refractivity contribution is 0.280. The molecular formula is C12H18FNO3S2. The molecule has 0 amide bonds. The number of nitrogens with zero attached hydrogens (tertiary/aromatic N) is 1. The topological polar surface area (TPSA) is 57.6 Å². The first-order valence-corrected chi connectivity index (χ1v) is 8.53. The Morgan fingerprint density at radius 1 is 1.42 bits per heavy atom. The maximum atomic E-state index is 13.7. The predicted octanol–water partition coefficient (Wildman–Crippen LogP) is 1.61. The second kappa shape index (κ2) is 6.69. The van der Waals surface area contributed by atoms with E-state index in [0.29, 0.717) is 12.3 Å². The Labute approximate surface area is 117 Å². The van der Waals surface area contributed by atoms with Crippen molar-refractivity contribution in [1.82, 2.24) is 4.31 Å². The number of aliphatic hydroxyl groups is 1. The van der Waals surface area contributed by atoms with Gasteiger partial charge >= 0.3 is 0 Å². The summed E-state index contributed by atoms with van der Waals surface area (Å²) in [6.45, 7) is 1.38. The second-order valence-electron chi connectivity index (χ2n) is 4.18. The highest BCUT2D eigenvalue weighted by atomic mass is 32.2. The van der Waals surface area contributed by atoms with Crippen LogP contribution in [-0.2, 0) is 16.6 Å². The van der Waals surface area contributed by atoms with Gasteiger partial charge in [-0.05, 0) is 30.9 Å². The van der Waals surface area contributed by atoms with E-state index in [1.807, 2.05) is 6.26 Å². The molecule has 0 aliphatic carbocycles. The highest BCUT2D eigenvalue weighted by Crippen LogP contribution is 2.23. The first-order valence-electron chi connectivity index (χ1n) is 5.69. The minimum Gasteiger partial charge on any atom is -0.392 e. The van der Waals surface area contributed by atoms with Gasteiger partial charge in [0.2, 0.25) is 10.0 Å². The van der Waals surface area contributed by atoms with Gasteiger partial charge in [0.05, 0.1) is 11.5 Å². The van der Waals surface area contributed by atoms with Crippen molar-refractivity contribution < 1.29 is 17.9 Å². The Morgan fingerprint density at radius 2 is 2.05 bits per heavy atom. The second-order valence-corrected chi connectivity index (χ2v) is 7.18. The van der Waals surface area contributed by atoms with Crippen molar-refractivity contribution in [1.29, 1.82) is 0 Å². The van der Waals surface area contributed by atoms with E-state index in [4.69, 9.17) is 5.11 Å². The first kappa shape index (κ1) is 16.4. The lowest BCUT2D eigenvalue weighted by Gasteiger charge is -2.19. The fraction of sp³-hybridized carbons (Fsp3) is 0.500. The Hall–Kier alpha value is -0.630. The summed E-state index contributed by atoms with van der Waals surface area (Å²) in [6, 6.07) is 2.47. The minimum absolute atomic E-state index is 0.0770. The maximum absolute atomic E-state index is 13.7. The third-order valence-corrected chi connectivity index (χ3v) is 5.41. The number of aliphatic hydroxyl groups excluding tert-OH is 1. The first-order chi connectivity index (χ1) is 8.84. The Kier molecular flexibility index (Phi) is 5.79. The lowest BCUT2D eigenvalue weighted by atomic mass is 10.1. The Bertz CT molecular complexity index is 546. The molecule has 0 unspecified atom stereocenters. The van der Waals surface area contributed by atoms with Crippen LogP contribution in [0, 0.1) is 12.7 Å². The standard InChI is InChI=1S/C12H18FNO3S2/c1-9-11(13)6-10(8-15)7-12(9)19(16,17)14(2)4-5-18-3/h6-7,15H,4-5,8H2,1-3H3. The van der Waals surface area contributed by atoms with Gasteiger partial charge < -0.3 is 5.11 Å². The van der Waals surface area contributed by atoms with E-state index in [0.717, 1.165) is 6.07 Å². The van der Waals surface area contributed by atoms with Gasteiger partial charge in [0.15, 0.2) is 0 Å². The van der Waals surface area contributed by atoms with Crippen LogP contribution in [0.4, 0.5) is 4.39 Å². The smallest absolute Gasteiger partial charge is 0.243 e. The molecule has 0 radical (unpaired) electrons. The predicted molar refractivity (Wildman–Crippen MR) is 75.3 cm³/mol. The summed E-state index contributed by atoms with van der Waals surface area (Å²) >= 11 is 1.54. The molecule has 0 fully saturated rings. The molecule has 1 aromatic rings. The molecule has 0 saturated carbocycles. The maximum Gasteiger partial charge on any atom is 0.243 e. The zero-order chi connectivity index (χ0) is 14.6. The molecule has 0 spiro atoms. The molecule has 4 nitrogen and oxygen atoms in total. The summed E-state index contributed by atoms with van der Waals surface area (Å²) in [5.74, 6) is 0.0418. The van der Waals surface area contributed by atoms with E-state index in [1.165, 1.54) is 36.1 Å². The summed E-state index contributed by atoms with van der Waals surface area (Å²) in [7, 11) is -2.26. The highest BCUT2D eigenvalue weighted by molar-refractivity contribution is 7.98. The van der Waals surface area contributed by atoms with Gasteiger partial charge in [0.25, 0.3) is 0 Å². The zero-order valence-electron chi connectivity index (χ0n) is 11.2. The van der Waals surface area contributed by atoms with Crippen LogP contribution in [0.2, 0.25) is 0 Å². The molecular weight excluding hydrogens is 289 g/mol. The molecule has 0 bridgehead atoms. The molecule has 7 heteroatoms. The van der Waals surface area contributed by atoms with E-state index < -0.39 is 22.4 Å². The molecule has 1 aromatic carbocycles. The van der Waals surface area contributed by atoms with E-state index in [2.05, 4.69) is 0 Å². The van der Waals surface area contributed by atoms with Gasteiger partial charge in [-0.1, -0.05) is 0 Å². The number of benzene rings is 1. The quantitative estimate of drug-likeness (QED) is 0.867. The number of hydrogen-bond acceptors (Lipinski definition) is 4. The Balaban J connectivity index is 3.24. The molecule has 1 N–H and O–H groups in total. The third kappa shape index (κ3) is 3.68. The van der Waals surface area contributed by atoms with Crippen LogP contribution in [-0.4, -0.2) is 43.4 Å². The number of hydrogen-bond donors (Lipinski definition) is 1. The number of rotatable bonds is 6. The van der Waals surface area contributed by atoms with Crippen LogP contribution >= 0.6 is 11.8 Å². The van der Waals surface area contributed by atoms with Crippen molar-refractivity contribution in [2.75, 3.05) is 25.6 Å². The van der Waals surface area contributed by atoms with Gasteiger partial charge in [0.1, 0.15) is 5.82 Å². The summed E-state index contributed by atoms with van der Waals surface area (Å²) in [5, 5.41) is 9.04. The van der Waals surface area contributed by atoms with Crippen molar-refractivity contribution in [3.63, 3.8) is 0 Å². The van der Waals surface area contributed by atoms with Crippen molar-refractivity contribution in [2.24, 2.45) is 0 Å². The summed E-state index contributed by atoms with van der Waals surface area (Å²) in [4.78, 5) is -0.0832. The molecule has 0 aromatic heterocycles. The number of sulfonamides is 1. The molecule has 0 aliphatic rings. The summed E-state index contributed by atoms with van der Waals surface area (Å²) in [6.07, 6.45) is 1.89. The van der Waals surface area contributed by atoms with Crippen molar-refractivity contribution in [3.8, 4) is 0 Å². The van der Waals surface area contributed by atoms with Crippen LogP contribution in [0.1, 0.15) is 11.1 Å². The zero-order valence-corrected chi connectivity index (χ0v) is 12.8. The van der Waals surface area contributed by atoms with Gasteiger partial charge in [-0.15, -0.1) is 0 Å². The van der Waals surface area contributed by atoms with Crippen LogP contribution in [0.3, 0.4) is 0 Å². The van der Waals surface area contributed by atoms with Crippen molar-refractivity contribution in [3.05, 3.63) is 29.1 Å². The molecule has 0 atom stereocenters. The fourth-order valence-corrected chi connectivity index (χ4v) is 3.60. The van der Waals surface area contributed by atoms with Crippen molar-refractivity contribution >= 4 is 21.8 Å². The van der Waals surface area contributed by atoms with Gasteiger partial charge in [-0.2, -0.15) is 11.8 Å². The minimum atomic E-state index is -3.73. The van der Waals surface area contributed by atoms with Gasteiger partial charge in [-0.3, -0.25) is 0 Å². The molecule has 0 aliphatic heterocycles. The van der Waals surface area contributed by atoms with Crippen molar-refractivity contribution in [2.45, 2.75) is 18.4 Å². The average molecular weight is 307 g/mol. The number of thioether (sulfide) groups is 1. The molecule has 1 rings (SSSR count). The summed E-state index contributed by atoms with van der Waals surface area (Å²) < 4.78 is 39.6. The molecule has 108 valence electrons. The summed E-state index contributed by atoms with van der Waals surface area (Å²) in [5.41, 5.74) is 0.327. The average Bonchev–Trinajstić information content (AvgIpc) is 2.38. The monoisotopic (exact) mass is 307 g/mol. The van der Waals surface area contributed by atoms with E-state index in [9.17, 15) is 12.8 Å². The van der Waals surface area contributed by atoms with E-state index >= 15 is 0 Å². The van der Waals surface area contributed by atoms with Gasteiger partial charge in [-0.25, -0.2) is 17.1 Å². The normalized spacial score (nSPS) is 12.1. The van der Waals surface area contributed by atoms with Crippen LogP contribution in [0.25, 0.3) is 0 Å². The molecule has 0 heterocycles. The highest BCUT2D eigenvalue weighted by Gasteiger charge is 2.24. The SMILES string of the molecule is CSCCN(C)S(=O)(=O)c1cc(CO)cc(F)c1C. The largest absolute Gasteiger partial charge is 0.392 e. The van der Waals surface area contributed by atoms with E-state index in [-0.39, 0.29) is 16.0 Å². The molecule has 19 heavy (non-hydrogen) atoms. The fourth-order valence-electron chi connectivity index (χ4n) is 1.57. The van der Waals surface area contributed by atoms with E-state index in [1.54, 1.807) is 0 Å². The Morgan fingerprint density at radius 3 is 2.58 bits per heavy atom. The van der Waals surface area contributed by atoms with Gasteiger partial charge in [0, 0.05) is 24.9 Å².